The minimum Gasteiger partial charge on any atom is -0.497 e. The number of rotatable bonds is 2. The number of hydrogen-bond donors (Lipinski definition) is 0. The first-order chi connectivity index (χ1) is 14.1. The zero-order chi connectivity index (χ0) is 20.0. The quantitative estimate of drug-likeness (QED) is 0.750. The van der Waals surface area contributed by atoms with Crippen molar-refractivity contribution >= 4 is 11.9 Å². The fourth-order valence-electron chi connectivity index (χ4n) is 6.09. The van der Waals surface area contributed by atoms with Crippen LogP contribution in [0, 0.1) is 5.92 Å². The molecule has 0 bridgehead atoms. The zero-order valence-corrected chi connectivity index (χ0v) is 17.4. The van der Waals surface area contributed by atoms with Crippen molar-refractivity contribution in [3.05, 3.63) is 24.3 Å². The third-order valence-electron chi connectivity index (χ3n) is 7.39. The second-order valence-electron chi connectivity index (χ2n) is 8.89. The van der Waals surface area contributed by atoms with Crippen molar-refractivity contribution in [3.63, 3.8) is 0 Å². The first kappa shape index (κ1) is 18.6. The average Bonchev–Trinajstić information content (AvgIpc) is 3.20. The zero-order valence-electron chi connectivity index (χ0n) is 17.4. The number of anilines is 1. The van der Waals surface area contributed by atoms with Crippen molar-refractivity contribution in [3.8, 4) is 17.1 Å². The van der Waals surface area contributed by atoms with Gasteiger partial charge in [-0.05, 0) is 49.9 Å². The molecule has 5 rings (SSSR count). The minimum atomic E-state index is 0.0162. The topological polar surface area (TPSA) is 60.2 Å². The van der Waals surface area contributed by atoms with Gasteiger partial charge < -0.3 is 4.74 Å². The molecule has 0 radical (unpaired) electrons. The van der Waals surface area contributed by atoms with E-state index in [1.807, 2.05) is 29.2 Å². The molecule has 2 fully saturated rings. The summed E-state index contributed by atoms with van der Waals surface area (Å²) in [4.78, 5) is 19.6. The van der Waals surface area contributed by atoms with Gasteiger partial charge in [0, 0.05) is 24.4 Å². The molecule has 1 aromatic heterocycles. The molecule has 0 saturated heterocycles. The number of carbonyl (C=O) groups excluding carboxylic acids is 1. The van der Waals surface area contributed by atoms with E-state index in [2.05, 4.69) is 4.68 Å². The van der Waals surface area contributed by atoms with Crippen LogP contribution in [0.4, 0.5) is 5.95 Å². The first-order valence-electron chi connectivity index (χ1n) is 11.1. The number of amides is 1. The average molecular weight is 395 g/mol. The van der Waals surface area contributed by atoms with Crippen molar-refractivity contribution in [2.75, 3.05) is 12.0 Å². The monoisotopic (exact) mass is 394 g/mol. The van der Waals surface area contributed by atoms with E-state index in [1.54, 1.807) is 14.0 Å². The predicted molar refractivity (Wildman–Crippen MR) is 112 cm³/mol. The molecule has 2 saturated carbocycles. The maximum atomic E-state index is 12.7. The number of methoxy groups -OCH3 is 1. The number of fused-ring (bicyclic) bond motifs is 4. The van der Waals surface area contributed by atoms with Crippen LogP contribution in [-0.4, -0.2) is 33.8 Å². The molecular formula is C23H30N4O2. The van der Waals surface area contributed by atoms with E-state index in [1.165, 1.54) is 38.5 Å². The molecule has 1 aliphatic heterocycles. The van der Waals surface area contributed by atoms with E-state index in [0.717, 1.165) is 36.5 Å². The Kier molecular flexibility index (Phi) is 4.60. The molecule has 1 spiro atoms. The summed E-state index contributed by atoms with van der Waals surface area (Å²) in [5.74, 6) is 2.85. The second kappa shape index (κ2) is 7.15. The summed E-state index contributed by atoms with van der Waals surface area (Å²) in [6.07, 6.45) is 10.8. The minimum absolute atomic E-state index is 0.0162. The number of hydrogen-bond acceptors (Lipinski definition) is 4. The van der Waals surface area contributed by atoms with Crippen LogP contribution in [0.1, 0.15) is 64.7 Å². The third kappa shape index (κ3) is 2.87. The van der Waals surface area contributed by atoms with Gasteiger partial charge in [-0.3, -0.25) is 9.69 Å². The highest BCUT2D eigenvalue weighted by molar-refractivity contribution is 5.91. The summed E-state index contributed by atoms with van der Waals surface area (Å²) in [7, 11) is 1.67. The van der Waals surface area contributed by atoms with Crippen LogP contribution in [-0.2, 0) is 10.3 Å². The Morgan fingerprint density at radius 3 is 2.48 bits per heavy atom. The molecule has 0 N–H and O–H groups in total. The maximum Gasteiger partial charge on any atom is 0.231 e. The van der Waals surface area contributed by atoms with Crippen LogP contribution < -0.4 is 9.64 Å². The fourth-order valence-corrected chi connectivity index (χ4v) is 6.09. The maximum absolute atomic E-state index is 12.7. The van der Waals surface area contributed by atoms with Crippen LogP contribution in [0.3, 0.4) is 0 Å². The molecule has 6 heteroatoms. The lowest BCUT2D eigenvalue weighted by atomic mass is 9.64. The Morgan fingerprint density at radius 2 is 1.79 bits per heavy atom. The lowest BCUT2D eigenvalue weighted by Crippen LogP contribution is -2.61. The largest absolute Gasteiger partial charge is 0.497 e. The van der Waals surface area contributed by atoms with Gasteiger partial charge in [-0.15, -0.1) is 5.10 Å². The summed E-state index contributed by atoms with van der Waals surface area (Å²) in [6.45, 7) is 1.68. The van der Waals surface area contributed by atoms with Gasteiger partial charge in [-0.25, -0.2) is 4.68 Å². The highest BCUT2D eigenvalue weighted by Crippen LogP contribution is 2.53. The van der Waals surface area contributed by atoms with E-state index in [9.17, 15) is 4.79 Å². The van der Waals surface area contributed by atoms with Crippen LogP contribution >= 0.6 is 0 Å². The van der Waals surface area contributed by atoms with Gasteiger partial charge in [0.15, 0.2) is 5.82 Å². The molecular weight excluding hydrogens is 364 g/mol. The third-order valence-corrected chi connectivity index (χ3v) is 7.39. The van der Waals surface area contributed by atoms with Crippen LogP contribution in [0.5, 0.6) is 5.75 Å². The summed E-state index contributed by atoms with van der Waals surface area (Å²) in [6, 6.07) is 8.14. The molecule has 1 aromatic carbocycles. The smallest absolute Gasteiger partial charge is 0.231 e. The van der Waals surface area contributed by atoms with Crippen LogP contribution in [0.25, 0.3) is 11.4 Å². The van der Waals surface area contributed by atoms with E-state index in [-0.39, 0.29) is 17.5 Å². The van der Waals surface area contributed by atoms with Gasteiger partial charge >= 0.3 is 0 Å². The Morgan fingerprint density at radius 1 is 1.07 bits per heavy atom. The Balaban J connectivity index is 1.66. The standard InChI is InChI=1S/C23H30N4O2/c1-16(28)26-20-9-5-4-8-19(20)23(14-6-3-7-15-23)27-22(26)24-21(25-27)17-10-12-18(29-2)13-11-17/h10-13,19-20H,3-9,14-15H2,1-2H3. The van der Waals surface area contributed by atoms with Crippen LogP contribution in [0.2, 0.25) is 0 Å². The molecule has 2 unspecified atom stereocenters. The van der Waals surface area contributed by atoms with Crippen molar-refractivity contribution in [2.24, 2.45) is 5.92 Å². The number of ether oxygens (including phenoxy) is 1. The molecule has 29 heavy (non-hydrogen) atoms. The van der Waals surface area contributed by atoms with E-state index >= 15 is 0 Å². The molecule has 2 aliphatic carbocycles. The Hall–Kier alpha value is -2.37. The van der Waals surface area contributed by atoms with Crippen molar-refractivity contribution < 1.29 is 9.53 Å². The second-order valence-corrected chi connectivity index (χ2v) is 8.89. The number of nitrogens with zero attached hydrogens (tertiary/aromatic N) is 4. The van der Waals surface area contributed by atoms with Gasteiger partial charge in [-0.1, -0.05) is 32.1 Å². The normalized spacial score (nSPS) is 25.4. The summed E-state index contributed by atoms with van der Waals surface area (Å²) >= 11 is 0. The van der Waals surface area contributed by atoms with Gasteiger partial charge in [0.2, 0.25) is 11.9 Å². The lowest BCUT2D eigenvalue weighted by Gasteiger charge is -2.55. The van der Waals surface area contributed by atoms with Crippen molar-refractivity contribution in [1.29, 1.82) is 0 Å². The number of carbonyl (C=O) groups is 1. The molecule has 2 atom stereocenters. The SMILES string of the molecule is COc1ccc(-c2nc3n(n2)C2(CCCCC2)C2CCCCC2N3C(C)=O)cc1. The van der Waals surface area contributed by atoms with Crippen molar-refractivity contribution in [2.45, 2.75) is 76.3 Å². The summed E-state index contributed by atoms with van der Waals surface area (Å²) in [5, 5.41) is 5.05. The lowest BCUT2D eigenvalue weighted by molar-refractivity contribution is -0.118. The van der Waals surface area contributed by atoms with Gasteiger partial charge in [0.25, 0.3) is 0 Å². The number of aromatic nitrogens is 3. The van der Waals surface area contributed by atoms with E-state index in [0.29, 0.717) is 11.7 Å². The van der Waals surface area contributed by atoms with E-state index in [4.69, 9.17) is 14.8 Å². The predicted octanol–water partition coefficient (Wildman–Crippen LogP) is 4.54. The van der Waals surface area contributed by atoms with Crippen LogP contribution in [0.15, 0.2) is 24.3 Å². The summed E-state index contributed by atoms with van der Waals surface area (Å²) < 4.78 is 7.46. The first-order valence-corrected chi connectivity index (χ1v) is 11.1. The molecule has 2 heterocycles. The van der Waals surface area contributed by atoms with Gasteiger partial charge in [-0.2, -0.15) is 4.98 Å². The highest BCUT2D eigenvalue weighted by atomic mass is 16.5. The molecule has 154 valence electrons. The van der Waals surface area contributed by atoms with Crippen molar-refractivity contribution in [1.82, 2.24) is 14.8 Å². The fraction of sp³-hybridized carbons (Fsp3) is 0.609. The van der Waals surface area contributed by atoms with Gasteiger partial charge in [0.1, 0.15) is 5.75 Å². The number of benzene rings is 1. The van der Waals surface area contributed by atoms with E-state index < -0.39 is 0 Å². The summed E-state index contributed by atoms with van der Waals surface area (Å²) in [5.41, 5.74) is 0.979. The highest BCUT2D eigenvalue weighted by Gasteiger charge is 2.54. The Labute approximate surface area is 172 Å². The molecule has 2 aromatic rings. The molecule has 3 aliphatic rings. The Bertz CT molecular complexity index is 898. The van der Waals surface area contributed by atoms with Gasteiger partial charge in [0.05, 0.1) is 12.6 Å². The molecule has 1 amide bonds. The molecule has 6 nitrogen and oxygen atoms in total.